The van der Waals surface area contributed by atoms with Crippen LogP contribution in [0.25, 0.3) is 0 Å². The lowest BCUT2D eigenvalue weighted by Crippen LogP contribution is -2.59. The van der Waals surface area contributed by atoms with Crippen molar-refractivity contribution in [2.24, 2.45) is 0 Å². The second kappa shape index (κ2) is 27.8. The Balaban J connectivity index is 2.35. The fourth-order valence-corrected chi connectivity index (χ4v) is 5.54. The van der Waals surface area contributed by atoms with Crippen LogP contribution in [0.3, 0.4) is 0 Å². The van der Waals surface area contributed by atoms with Gasteiger partial charge in [-0.15, -0.1) is 0 Å². The van der Waals surface area contributed by atoms with Gasteiger partial charge in [0.1, 0.15) is 31.0 Å². The predicted molar refractivity (Wildman–Crippen MR) is 173 cm³/mol. The quantitative estimate of drug-likeness (QED) is 0.0573. The van der Waals surface area contributed by atoms with Crippen molar-refractivity contribution in [1.82, 2.24) is 0 Å². The second-order valence-corrected chi connectivity index (χ2v) is 12.7. The molecule has 1 rings (SSSR count). The topological polar surface area (TPSA) is 152 Å². The fourth-order valence-electron chi connectivity index (χ4n) is 5.54. The monoisotopic (exact) mass is 646 g/mol. The van der Waals surface area contributed by atoms with Crippen molar-refractivity contribution < 1.29 is 49.0 Å². The van der Waals surface area contributed by atoms with Crippen LogP contribution < -0.4 is 0 Å². The number of esters is 2. The second-order valence-electron chi connectivity index (χ2n) is 12.7. The number of carbonyl (C=O) groups is 2. The summed E-state index contributed by atoms with van der Waals surface area (Å²) in [6.07, 6.45) is 15.9. The maximum absolute atomic E-state index is 12.6. The molecule has 0 aliphatic carbocycles. The average Bonchev–Trinajstić information content (AvgIpc) is 3.03. The summed E-state index contributed by atoms with van der Waals surface area (Å²) < 4.78 is 21.9. The Kier molecular flexibility index (Phi) is 25.8. The molecule has 6 atom stereocenters. The number of hydrogen-bond donors (Lipinski definition) is 4. The molecule has 0 aromatic rings. The Morgan fingerprint density at radius 3 is 1.51 bits per heavy atom. The summed E-state index contributed by atoms with van der Waals surface area (Å²) in [5.74, 6) is -0.814. The molecule has 0 spiro atoms. The van der Waals surface area contributed by atoms with Gasteiger partial charge in [-0.2, -0.15) is 0 Å². The zero-order valence-corrected chi connectivity index (χ0v) is 28.4. The van der Waals surface area contributed by atoms with Gasteiger partial charge in [0.05, 0.1) is 13.2 Å². The molecule has 1 saturated heterocycles. The van der Waals surface area contributed by atoms with E-state index >= 15 is 0 Å². The molecule has 0 aromatic heterocycles. The van der Waals surface area contributed by atoms with Crippen LogP contribution in [0.15, 0.2) is 0 Å². The number of carbonyl (C=O) groups excluding carboxylic acids is 2. The summed E-state index contributed by atoms with van der Waals surface area (Å²) in [6.45, 7) is 3.31. The van der Waals surface area contributed by atoms with E-state index in [4.69, 9.17) is 18.9 Å². The Morgan fingerprint density at radius 2 is 1.04 bits per heavy atom. The van der Waals surface area contributed by atoms with Crippen molar-refractivity contribution in [2.45, 2.75) is 192 Å². The van der Waals surface area contributed by atoms with Gasteiger partial charge in [-0.25, -0.2) is 0 Å². The standard InChI is InChI=1S/C35H66O10/c1-3-5-7-9-10-11-12-13-14-15-16-17-18-20-22-24-31(38)44-28(26-42-30(37)23-21-19-8-6-4-2)27-43-35-34(41)33(40)32(39)29(25-36)45-35/h28-29,32-36,39-41H,3-27H2,1-2H3. The maximum Gasteiger partial charge on any atom is 0.306 e. The SMILES string of the molecule is CCCCCCCCCCCCCCCCCC(=O)OC(COC(=O)CCCCCCC)COC1OC(CO)C(O)C(O)C1O. The minimum atomic E-state index is -1.59. The van der Waals surface area contributed by atoms with Gasteiger partial charge >= 0.3 is 11.9 Å². The van der Waals surface area contributed by atoms with Crippen LogP contribution in [-0.4, -0.2) is 89.0 Å². The van der Waals surface area contributed by atoms with Gasteiger partial charge < -0.3 is 39.4 Å². The molecule has 0 aromatic carbocycles. The molecule has 1 aliphatic heterocycles. The van der Waals surface area contributed by atoms with Crippen molar-refractivity contribution in [1.29, 1.82) is 0 Å². The highest BCUT2D eigenvalue weighted by molar-refractivity contribution is 5.70. The van der Waals surface area contributed by atoms with E-state index in [1.165, 1.54) is 70.6 Å². The first-order valence-corrected chi connectivity index (χ1v) is 18.1. The van der Waals surface area contributed by atoms with Gasteiger partial charge in [-0.05, 0) is 12.8 Å². The predicted octanol–water partition coefficient (Wildman–Crippen LogP) is 5.88. The Bertz CT molecular complexity index is 719. The lowest BCUT2D eigenvalue weighted by atomic mass is 9.99. The zero-order chi connectivity index (χ0) is 33.1. The highest BCUT2D eigenvalue weighted by Gasteiger charge is 2.44. The van der Waals surface area contributed by atoms with Gasteiger partial charge in [0.25, 0.3) is 0 Å². The summed E-state index contributed by atoms with van der Waals surface area (Å²) in [4.78, 5) is 24.9. The smallest absolute Gasteiger partial charge is 0.306 e. The number of rotatable bonds is 29. The Labute approximate surface area is 272 Å². The van der Waals surface area contributed by atoms with E-state index in [0.717, 1.165) is 51.4 Å². The highest BCUT2D eigenvalue weighted by atomic mass is 16.7. The Morgan fingerprint density at radius 1 is 0.600 bits per heavy atom. The van der Waals surface area contributed by atoms with E-state index in [9.17, 15) is 30.0 Å². The third-order valence-corrected chi connectivity index (χ3v) is 8.49. The normalized spacial score (nSPS) is 22.3. The van der Waals surface area contributed by atoms with Crippen molar-refractivity contribution in [3.8, 4) is 0 Å². The highest BCUT2D eigenvalue weighted by Crippen LogP contribution is 2.22. The van der Waals surface area contributed by atoms with Crippen molar-refractivity contribution in [3.63, 3.8) is 0 Å². The Hall–Kier alpha value is -1.30. The lowest BCUT2D eigenvalue weighted by Gasteiger charge is -2.39. The minimum absolute atomic E-state index is 0.212. The van der Waals surface area contributed by atoms with Crippen molar-refractivity contribution in [2.75, 3.05) is 19.8 Å². The minimum Gasteiger partial charge on any atom is -0.462 e. The average molecular weight is 647 g/mol. The third kappa shape index (κ3) is 20.5. The summed E-state index contributed by atoms with van der Waals surface area (Å²) in [5, 5.41) is 39.7. The van der Waals surface area contributed by atoms with E-state index in [1.54, 1.807) is 0 Å². The van der Waals surface area contributed by atoms with Gasteiger partial charge in [0, 0.05) is 12.8 Å². The molecule has 45 heavy (non-hydrogen) atoms. The molecule has 0 amide bonds. The molecule has 10 heteroatoms. The van der Waals surface area contributed by atoms with Crippen LogP contribution in [0, 0.1) is 0 Å². The molecule has 4 N–H and O–H groups in total. The molecule has 10 nitrogen and oxygen atoms in total. The largest absolute Gasteiger partial charge is 0.462 e. The van der Waals surface area contributed by atoms with Crippen molar-refractivity contribution in [3.05, 3.63) is 0 Å². The molecular formula is C35H66O10. The fraction of sp³-hybridized carbons (Fsp3) is 0.943. The third-order valence-electron chi connectivity index (χ3n) is 8.49. The van der Waals surface area contributed by atoms with Gasteiger partial charge in [0.15, 0.2) is 12.4 Å². The summed E-state index contributed by atoms with van der Waals surface area (Å²) in [6, 6.07) is 0. The van der Waals surface area contributed by atoms with Crippen LogP contribution >= 0.6 is 0 Å². The maximum atomic E-state index is 12.6. The number of ether oxygens (including phenoxy) is 4. The molecule has 266 valence electrons. The molecule has 0 bridgehead atoms. The number of aliphatic hydroxyl groups excluding tert-OH is 4. The van der Waals surface area contributed by atoms with E-state index in [0.29, 0.717) is 6.42 Å². The lowest BCUT2D eigenvalue weighted by molar-refractivity contribution is -0.305. The number of aliphatic hydroxyl groups is 4. The first-order chi connectivity index (χ1) is 21.8. The molecule has 0 radical (unpaired) electrons. The molecule has 1 aliphatic rings. The van der Waals surface area contributed by atoms with Gasteiger partial charge in [-0.3, -0.25) is 9.59 Å². The number of hydrogen-bond acceptors (Lipinski definition) is 10. The molecule has 6 unspecified atom stereocenters. The van der Waals surface area contributed by atoms with E-state index < -0.39 is 49.4 Å². The van der Waals surface area contributed by atoms with Crippen LogP contribution in [0.4, 0.5) is 0 Å². The van der Waals surface area contributed by atoms with Gasteiger partial charge in [-0.1, -0.05) is 129 Å². The summed E-state index contributed by atoms with van der Waals surface area (Å²) in [7, 11) is 0. The number of unbranched alkanes of at least 4 members (excludes halogenated alkanes) is 18. The summed E-state index contributed by atoms with van der Waals surface area (Å²) >= 11 is 0. The summed E-state index contributed by atoms with van der Waals surface area (Å²) in [5.41, 5.74) is 0. The van der Waals surface area contributed by atoms with Crippen LogP contribution in [0.2, 0.25) is 0 Å². The van der Waals surface area contributed by atoms with Crippen molar-refractivity contribution >= 4 is 11.9 Å². The van der Waals surface area contributed by atoms with E-state index in [1.807, 2.05) is 0 Å². The van der Waals surface area contributed by atoms with E-state index in [-0.39, 0.29) is 32.0 Å². The molecule has 0 saturated carbocycles. The zero-order valence-electron chi connectivity index (χ0n) is 28.4. The molecule has 1 heterocycles. The molecular weight excluding hydrogens is 580 g/mol. The first kappa shape index (κ1) is 41.7. The first-order valence-electron chi connectivity index (χ1n) is 18.1. The molecule has 1 fully saturated rings. The van der Waals surface area contributed by atoms with Crippen LogP contribution in [-0.2, 0) is 28.5 Å². The van der Waals surface area contributed by atoms with Crippen LogP contribution in [0.5, 0.6) is 0 Å². The van der Waals surface area contributed by atoms with Gasteiger partial charge in [0.2, 0.25) is 0 Å². The van der Waals surface area contributed by atoms with E-state index in [2.05, 4.69) is 13.8 Å². The van der Waals surface area contributed by atoms with Crippen LogP contribution in [0.1, 0.15) is 155 Å².